The van der Waals surface area contributed by atoms with Gasteiger partial charge >= 0.3 is 0 Å². The lowest BCUT2D eigenvalue weighted by molar-refractivity contribution is 0.0963. The molecule has 0 aliphatic heterocycles. The number of rotatable bonds is 6. The van der Waals surface area contributed by atoms with Gasteiger partial charge in [-0.2, -0.15) is 5.11 Å². The normalized spacial score (nSPS) is 11.6. The first kappa shape index (κ1) is 18.9. The predicted octanol–water partition coefficient (Wildman–Crippen LogP) is 4.65. The van der Waals surface area contributed by atoms with Crippen LogP contribution < -0.4 is 10.0 Å². The maximum absolute atomic E-state index is 11.7. The van der Waals surface area contributed by atoms with Gasteiger partial charge < -0.3 is 15.4 Å². The molecule has 140 valence electrons. The third-order valence-electron chi connectivity index (χ3n) is 3.74. The van der Waals surface area contributed by atoms with Crippen molar-refractivity contribution in [3.05, 3.63) is 48.0 Å². The number of benzene rings is 2. The number of carbonyl (C=O) groups is 1. The van der Waals surface area contributed by atoms with E-state index in [1.807, 2.05) is 18.2 Å². The van der Waals surface area contributed by atoms with Crippen LogP contribution in [0.1, 0.15) is 24.2 Å². The Labute approximate surface area is 161 Å². The second kappa shape index (κ2) is 8.24. The summed E-state index contributed by atoms with van der Waals surface area (Å²) in [6.45, 7) is 4.14. The van der Waals surface area contributed by atoms with Gasteiger partial charge in [-0.05, 0) is 62.2 Å². The van der Waals surface area contributed by atoms with E-state index in [0.29, 0.717) is 23.0 Å². The first-order valence-corrected chi connectivity index (χ1v) is 9.30. The van der Waals surface area contributed by atoms with Crippen LogP contribution in [-0.4, -0.2) is 29.1 Å². The van der Waals surface area contributed by atoms with Gasteiger partial charge in [-0.3, -0.25) is 9.52 Å². The highest BCUT2D eigenvalue weighted by Crippen LogP contribution is 2.38. The zero-order valence-electron chi connectivity index (χ0n) is 15.3. The Hall–Kier alpha value is -2.84. The Balaban J connectivity index is 1.91. The Morgan fingerprint density at radius 1 is 1.19 bits per heavy atom. The zero-order chi connectivity index (χ0) is 19.4. The third kappa shape index (κ3) is 4.47. The van der Waals surface area contributed by atoms with Crippen LogP contribution in [-0.2, 0) is 0 Å². The molecule has 0 bridgehead atoms. The first-order chi connectivity index (χ1) is 13.0. The summed E-state index contributed by atoms with van der Waals surface area (Å²) in [4.78, 5) is 15.6. The molecule has 1 amide bonds. The largest absolute Gasteiger partial charge is 0.493 e. The van der Waals surface area contributed by atoms with Crippen LogP contribution in [0, 0.1) is 0 Å². The lowest BCUT2D eigenvalue weighted by atomic mass is 10.2. The molecule has 2 aromatic carbocycles. The molecule has 1 heterocycles. The average Bonchev–Trinajstić information content (AvgIpc) is 2.98. The van der Waals surface area contributed by atoms with E-state index in [1.165, 1.54) is 11.9 Å². The molecule has 0 atom stereocenters. The maximum atomic E-state index is 11.7. The van der Waals surface area contributed by atoms with Gasteiger partial charge in [0, 0.05) is 28.9 Å². The number of fused-ring (bicyclic) bond motifs is 1. The summed E-state index contributed by atoms with van der Waals surface area (Å²) in [6.07, 6.45) is 0. The van der Waals surface area contributed by atoms with E-state index in [-0.39, 0.29) is 11.8 Å². The monoisotopic (exact) mass is 383 g/mol. The molecule has 3 rings (SSSR count). The van der Waals surface area contributed by atoms with Crippen molar-refractivity contribution in [2.45, 2.75) is 24.8 Å². The number of carbonyl (C=O) groups excluding carboxylic acids is 1. The lowest BCUT2D eigenvalue weighted by Crippen LogP contribution is -2.17. The molecule has 0 saturated carbocycles. The second-order valence-electron chi connectivity index (χ2n) is 6.23. The fourth-order valence-corrected chi connectivity index (χ4v) is 3.14. The molecule has 4 N–H and O–H groups in total. The molecule has 8 heteroatoms. The standard InChI is InChI=1S/C19H21N5O2S/c1-11(2)24-27-14-7-8-16-15(10-14)17(19(26)21-16)23-22-13-6-4-5-12(9-13)18(25)20-3/h4-11,21,24,26H,1-3H3,(H,20,25). The number of azo groups is 1. The molecule has 0 fully saturated rings. The summed E-state index contributed by atoms with van der Waals surface area (Å²) in [5.74, 6) is -0.239. The minimum atomic E-state index is -0.193. The van der Waals surface area contributed by atoms with Gasteiger partial charge in [0.2, 0.25) is 5.88 Å². The fraction of sp³-hybridized carbons (Fsp3) is 0.211. The maximum Gasteiger partial charge on any atom is 0.251 e. The number of nitrogens with one attached hydrogen (secondary N) is 3. The molecule has 7 nitrogen and oxygen atoms in total. The number of nitrogens with zero attached hydrogens (tertiary/aromatic N) is 2. The first-order valence-electron chi connectivity index (χ1n) is 8.49. The fourth-order valence-electron chi connectivity index (χ4n) is 2.45. The Morgan fingerprint density at radius 2 is 2.00 bits per heavy atom. The summed E-state index contributed by atoms with van der Waals surface area (Å²) in [6, 6.07) is 13.0. The molecule has 0 aliphatic carbocycles. The lowest BCUT2D eigenvalue weighted by Gasteiger charge is -2.06. The Morgan fingerprint density at radius 3 is 2.74 bits per heavy atom. The quantitative estimate of drug-likeness (QED) is 0.367. The van der Waals surface area contributed by atoms with E-state index in [4.69, 9.17) is 0 Å². The van der Waals surface area contributed by atoms with Crippen molar-refractivity contribution in [1.82, 2.24) is 15.0 Å². The molecular formula is C19H21N5O2S. The molecule has 0 aliphatic rings. The van der Waals surface area contributed by atoms with E-state index in [1.54, 1.807) is 31.3 Å². The summed E-state index contributed by atoms with van der Waals surface area (Å²) in [5.41, 5.74) is 2.16. The van der Waals surface area contributed by atoms with E-state index in [9.17, 15) is 9.90 Å². The zero-order valence-corrected chi connectivity index (χ0v) is 16.1. The predicted molar refractivity (Wildman–Crippen MR) is 108 cm³/mol. The third-order valence-corrected chi connectivity index (χ3v) is 4.82. The number of aromatic hydroxyl groups is 1. The van der Waals surface area contributed by atoms with Gasteiger partial charge in [-0.15, -0.1) is 5.11 Å². The van der Waals surface area contributed by atoms with Crippen LogP contribution in [0.2, 0.25) is 0 Å². The molecule has 0 unspecified atom stereocenters. The number of hydrogen-bond donors (Lipinski definition) is 4. The summed E-state index contributed by atoms with van der Waals surface area (Å²) >= 11 is 1.52. The van der Waals surface area contributed by atoms with Crippen LogP contribution in [0.3, 0.4) is 0 Å². The number of H-pyrrole nitrogens is 1. The van der Waals surface area contributed by atoms with Crippen molar-refractivity contribution < 1.29 is 9.90 Å². The summed E-state index contributed by atoms with van der Waals surface area (Å²) < 4.78 is 3.28. The van der Waals surface area contributed by atoms with Crippen LogP contribution in [0.5, 0.6) is 5.88 Å². The molecule has 0 radical (unpaired) electrons. The minimum absolute atomic E-state index is 0.0461. The average molecular weight is 383 g/mol. The Kier molecular flexibility index (Phi) is 5.78. The SMILES string of the molecule is CNC(=O)c1cccc(N=Nc2c(O)[nH]c3ccc(SNC(C)C)cc23)c1. The molecule has 0 saturated heterocycles. The van der Waals surface area contributed by atoms with Crippen LogP contribution in [0.15, 0.2) is 57.6 Å². The van der Waals surface area contributed by atoms with Gasteiger partial charge in [0.15, 0.2) is 5.69 Å². The van der Waals surface area contributed by atoms with Crippen molar-refractivity contribution in [2.24, 2.45) is 10.2 Å². The van der Waals surface area contributed by atoms with Gasteiger partial charge in [0.05, 0.1) is 11.2 Å². The highest BCUT2D eigenvalue weighted by molar-refractivity contribution is 7.97. The van der Waals surface area contributed by atoms with Gasteiger partial charge in [0.25, 0.3) is 5.91 Å². The number of aromatic nitrogens is 1. The van der Waals surface area contributed by atoms with Gasteiger partial charge in [0.1, 0.15) is 0 Å². The highest BCUT2D eigenvalue weighted by Gasteiger charge is 2.12. The smallest absolute Gasteiger partial charge is 0.251 e. The van der Waals surface area contributed by atoms with E-state index >= 15 is 0 Å². The van der Waals surface area contributed by atoms with Crippen molar-refractivity contribution in [2.75, 3.05) is 7.05 Å². The molecule has 0 spiro atoms. The van der Waals surface area contributed by atoms with E-state index in [0.717, 1.165) is 15.8 Å². The van der Waals surface area contributed by atoms with E-state index in [2.05, 4.69) is 39.1 Å². The van der Waals surface area contributed by atoms with Crippen molar-refractivity contribution >= 4 is 40.1 Å². The second-order valence-corrected chi connectivity index (χ2v) is 7.14. The minimum Gasteiger partial charge on any atom is -0.493 e. The topological polar surface area (TPSA) is 102 Å². The van der Waals surface area contributed by atoms with Crippen molar-refractivity contribution in [3.8, 4) is 5.88 Å². The van der Waals surface area contributed by atoms with Crippen LogP contribution in [0.25, 0.3) is 10.9 Å². The van der Waals surface area contributed by atoms with Crippen LogP contribution >= 0.6 is 11.9 Å². The Bertz CT molecular complexity index is 997. The van der Waals surface area contributed by atoms with Crippen LogP contribution in [0.4, 0.5) is 11.4 Å². The molecule has 1 aromatic heterocycles. The van der Waals surface area contributed by atoms with Crippen molar-refractivity contribution in [3.63, 3.8) is 0 Å². The van der Waals surface area contributed by atoms with E-state index < -0.39 is 0 Å². The number of amides is 1. The molecular weight excluding hydrogens is 362 g/mol. The number of aromatic amines is 1. The molecule has 27 heavy (non-hydrogen) atoms. The van der Waals surface area contributed by atoms with Crippen molar-refractivity contribution in [1.29, 1.82) is 0 Å². The number of hydrogen-bond acceptors (Lipinski definition) is 6. The highest BCUT2D eigenvalue weighted by atomic mass is 32.2. The summed E-state index contributed by atoms with van der Waals surface area (Å²) in [7, 11) is 1.57. The van der Waals surface area contributed by atoms with Gasteiger partial charge in [-0.1, -0.05) is 6.07 Å². The molecule has 3 aromatic rings. The summed E-state index contributed by atoms with van der Waals surface area (Å²) in [5, 5.41) is 21.9. The van der Waals surface area contributed by atoms with Gasteiger partial charge in [-0.25, -0.2) is 0 Å².